The van der Waals surface area contributed by atoms with Gasteiger partial charge in [-0.15, -0.1) is 0 Å². The summed E-state index contributed by atoms with van der Waals surface area (Å²) in [5.41, 5.74) is 1.43. The lowest BCUT2D eigenvalue weighted by molar-refractivity contribution is 0.0782. The van der Waals surface area contributed by atoms with Crippen molar-refractivity contribution in [1.29, 1.82) is 0 Å². The maximum Gasteiger partial charge on any atom is 0.256 e. The predicted molar refractivity (Wildman–Crippen MR) is 89.7 cm³/mol. The number of hydrogen-bond acceptors (Lipinski definition) is 2. The lowest BCUT2D eigenvalue weighted by Crippen LogP contribution is -2.30. The molecule has 1 N–H and O–H groups in total. The molecule has 1 aliphatic heterocycles. The van der Waals surface area contributed by atoms with E-state index in [0.717, 1.165) is 13.0 Å². The van der Waals surface area contributed by atoms with E-state index in [2.05, 4.69) is 5.32 Å². The number of halogens is 2. The average molecular weight is 330 g/mol. The van der Waals surface area contributed by atoms with Crippen molar-refractivity contribution >= 4 is 5.91 Å². The van der Waals surface area contributed by atoms with Crippen LogP contribution in [0.3, 0.4) is 0 Å². The molecule has 1 atom stereocenters. The molecular formula is C19H20F2N2O. The summed E-state index contributed by atoms with van der Waals surface area (Å²) in [6, 6.07) is 10.4. The van der Waals surface area contributed by atoms with E-state index in [1.807, 2.05) is 7.05 Å². The van der Waals surface area contributed by atoms with Gasteiger partial charge in [-0.25, -0.2) is 8.78 Å². The highest BCUT2D eigenvalue weighted by Gasteiger charge is 2.27. The van der Waals surface area contributed by atoms with Crippen molar-refractivity contribution in [3.05, 3.63) is 59.7 Å². The number of rotatable bonds is 4. The number of carbonyl (C=O) groups is 1. The molecule has 0 spiro atoms. The Hall–Kier alpha value is -2.27. The van der Waals surface area contributed by atoms with E-state index in [4.69, 9.17) is 0 Å². The minimum Gasteiger partial charge on any atom is -0.338 e. The van der Waals surface area contributed by atoms with E-state index < -0.39 is 5.82 Å². The molecule has 1 aliphatic rings. The average Bonchev–Trinajstić information content (AvgIpc) is 3.04. The molecule has 1 saturated heterocycles. The van der Waals surface area contributed by atoms with E-state index in [1.54, 1.807) is 23.1 Å². The summed E-state index contributed by atoms with van der Waals surface area (Å²) in [7, 11) is 1.89. The van der Waals surface area contributed by atoms with Gasteiger partial charge in [0.2, 0.25) is 0 Å². The fourth-order valence-corrected chi connectivity index (χ4v) is 3.15. The van der Waals surface area contributed by atoms with Crippen LogP contribution in [0.15, 0.2) is 42.5 Å². The molecule has 24 heavy (non-hydrogen) atoms. The Morgan fingerprint density at radius 1 is 1.17 bits per heavy atom. The Kier molecular flexibility index (Phi) is 4.90. The molecule has 0 unspecified atom stereocenters. The maximum absolute atomic E-state index is 14.4. The molecule has 1 amide bonds. The van der Waals surface area contributed by atoms with Crippen molar-refractivity contribution in [2.75, 3.05) is 26.7 Å². The van der Waals surface area contributed by atoms with E-state index in [0.29, 0.717) is 30.1 Å². The molecule has 0 bridgehead atoms. The van der Waals surface area contributed by atoms with Gasteiger partial charge in [0.1, 0.15) is 11.6 Å². The fourth-order valence-electron chi connectivity index (χ4n) is 3.15. The van der Waals surface area contributed by atoms with E-state index in [9.17, 15) is 13.6 Å². The van der Waals surface area contributed by atoms with Crippen LogP contribution in [0.4, 0.5) is 8.78 Å². The Morgan fingerprint density at radius 2 is 1.88 bits per heavy atom. The summed E-state index contributed by atoms with van der Waals surface area (Å²) < 4.78 is 27.4. The van der Waals surface area contributed by atoms with Crippen LogP contribution in [0, 0.1) is 17.6 Å². The van der Waals surface area contributed by atoms with Crippen molar-refractivity contribution in [3.8, 4) is 11.1 Å². The first kappa shape index (κ1) is 16.6. The first-order valence-electron chi connectivity index (χ1n) is 8.08. The van der Waals surface area contributed by atoms with Crippen LogP contribution in [0.2, 0.25) is 0 Å². The number of nitrogens with zero attached hydrogens (tertiary/aromatic N) is 1. The van der Waals surface area contributed by atoms with Crippen molar-refractivity contribution in [2.24, 2.45) is 5.92 Å². The van der Waals surface area contributed by atoms with Crippen LogP contribution in [0.25, 0.3) is 11.1 Å². The second kappa shape index (κ2) is 7.09. The SMILES string of the molecule is CNC[C@@H]1CCN(C(=O)c2ccc(-c3ccc(F)cc3)cc2F)C1. The minimum atomic E-state index is -0.543. The first-order chi connectivity index (χ1) is 11.6. The van der Waals surface area contributed by atoms with E-state index in [1.165, 1.54) is 24.3 Å². The molecule has 2 aromatic rings. The number of hydrogen-bond donors (Lipinski definition) is 1. The smallest absolute Gasteiger partial charge is 0.256 e. The monoisotopic (exact) mass is 330 g/mol. The van der Waals surface area contributed by atoms with Gasteiger partial charge in [-0.05, 0) is 61.3 Å². The zero-order valence-electron chi connectivity index (χ0n) is 13.6. The van der Waals surface area contributed by atoms with Gasteiger partial charge in [0, 0.05) is 13.1 Å². The summed E-state index contributed by atoms with van der Waals surface area (Å²) >= 11 is 0. The number of benzene rings is 2. The van der Waals surface area contributed by atoms with Crippen LogP contribution in [-0.4, -0.2) is 37.5 Å². The summed E-state index contributed by atoms with van der Waals surface area (Å²) in [6.45, 7) is 2.17. The molecule has 1 fully saturated rings. The third-order valence-corrected chi connectivity index (χ3v) is 4.44. The lowest BCUT2D eigenvalue weighted by Gasteiger charge is -2.17. The molecule has 0 aromatic heterocycles. The minimum absolute atomic E-state index is 0.0889. The quantitative estimate of drug-likeness (QED) is 0.933. The molecule has 5 heteroatoms. The molecule has 0 saturated carbocycles. The Morgan fingerprint density at radius 3 is 2.54 bits per heavy atom. The van der Waals surface area contributed by atoms with Crippen molar-refractivity contribution in [3.63, 3.8) is 0 Å². The number of nitrogens with one attached hydrogen (secondary N) is 1. The first-order valence-corrected chi connectivity index (χ1v) is 8.08. The third-order valence-electron chi connectivity index (χ3n) is 4.44. The number of likely N-dealkylation sites (tertiary alicyclic amines) is 1. The van der Waals surface area contributed by atoms with Crippen molar-refractivity contribution in [1.82, 2.24) is 10.2 Å². The van der Waals surface area contributed by atoms with Gasteiger partial charge in [-0.3, -0.25) is 4.79 Å². The largest absolute Gasteiger partial charge is 0.338 e. The van der Waals surface area contributed by atoms with Crippen molar-refractivity contribution in [2.45, 2.75) is 6.42 Å². The Bertz CT molecular complexity index is 731. The maximum atomic E-state index is 14.4. The van der Waals surface area contributed by atoms with Crippen LogP contribution >= 0.6 is 0 Å². The predicted octanol–water partition coefficient (Wildman–Crippen LogP) is 3.31. The third kappa shape index (κ3) is 3.46. The van der Waals surface area contributed by atoms with E-state index >= 15 is 0 Å². The fraction of sp³-hybridized carbons (Fsp3) is 0.316. The topological polar surface area (TPSA) is 32.3 Å². The second-order valence-corrected chi connectivity index (χ2v) is 6.17. The zero-order chi connectivity index (χ0) is 17.1. The molecule has 0 radical (unpaired) electrons. The van der Waals surface area contributed by atoms with Gasteiger partial charge < -0.3 is 10.2 Å². The van der Waals surface area contributed by atoms with Gasteiger partial charge in [-0.2, -0.15) is 0 Å². The Balaban J connectivity index is 1.77. The van der Waals surface area contributed by atoms with Crippen molar-refractivity contribution < 1.29 is 13.6 Å². The lowest BCUT2D eigenvalue weighted by atomic mass is 10.0. The molecule has 3 rings (SSSR count). The highest BCUT2D eigenvalue weighted by molar-refractivity contribution is 5.95. The summed E-state index contributed by atoms with van der Waals surface area (Å²) in [5, 5.41) is 3.11. The van der Waals surface area contributed by atoms with Gasteiger partial charge in [0.25, 0.3) is 5.91 Å². The molecule has 2 aromatic carbocycles. The summed E-state index contributed by atoms with van der Waals surface area (Å²) in [6.07, 6.45) is 0.932. The second-order valence-electron chi connectivity index (χ2n) is 6.17. The van der Waals surface area contributed by atoms with Crippen LogP contribution in [0.1, 0.15) is 16.8 Å². The molecular weight excluding hydrogens is 310 g/mol. The zero-order valence-corrected chi connectivity index (χ0v) is 13.6. The van der Waals surface area contributed by atoms with Gasteiger partial charge in [-0.1, -0.05) is 18.2 Å². The van der Waals surface area contributed by atoms with E-state index in [-0.39, 0.29) is 17.3 Å². The highest BCUT2D eigenvalue weighted by atomic mass is 19.1. The van der Waals surface area contributed by atoms with Crippen LogP contribution in [0.5, 0.6) is 0 Å². The summed E-state index contributed by atoms with van der Waals surface area (Å²) in [4.78, 5) is 14.2. The normalized spacial score (nSPS) is 17.3. The molecule has 126 valence electrons. The highest BCUT2D eigenvalue weighted by Crippen LogP contribution is 2.24. The molecule has 3 nitrogen and oxygen atoms in total. The van der Waals surface area contributed by atoms with Crippen LogP contribution < -0.4 is 5.32 Å². The van der Waals surface area contributed by atoms with Gasteiger partial charge in [0.05, 0.1) is 5.56 Å². The molecule has 1 heterocycles. The van der Waals surface area contributed by atoms with Crippen LogP contribution in [-0.2, 0) is 0 Å². The number of carbonyl (C=O) groups excluding carboxylic acids is 1. The van der Waals surface area contributed by atoms with Gasteiger partial charge >= 0.3 is 0 Å². The molecule has 0 aliphatic carbocycles. The standard InChI is InChI=1S/C19H20F2N2O/c1-22-11-13-8-9-23(12-13)19(24)17-7-4-15(10-18(17)21)14-2-5-16(20)6-3-14/h2-7,10,13,22H,8-9,11-12H2,1H3/t13-/m0/s1. The Labute approximate surface area is 140 Å². The van der Waals surface area contributed by atoms with Gasteiger partial charge in [0.15, 0.2) is 0 Å². The summed E-state index contributed by atoms with van der Waals surface area (Å²) in [5.74, 6) is -0.729. The number of amides is 1.